The minimum Gasteiger partial charge on any atom is -0.469 e. The highest BCUT2D eigenvalue weighted by molar-refractivity contribution is 5.93. The number of amides is 3. The van der Waals surface area contributed by atoms with Crippen LogP contribution in [0.1, 0.15) is 37.9 Å². The van der Waals surface area contributed by atoms with E-state index in [-0.39, 0.29) is 44.6 Å². The molecule has 0 aliphatic rings. The number of hydrogen-bond donors (Lipinski definition) is 3. The van der Waals surface area contributed by atoms with Crippen molar-refractivity contribution in [3.63, 3.8) is 0 Å². The molecule has 234 valence electrons. The Kier molecular flexibility index (Phi) is 14.2. The standard InChI is InChI=1S/C28H37N5O10/c1-5-42-27(38)32-20(12-13-23(34)40-3)24(35)30-21(15-19-16-33(17-29-19)28(39)43-6-2)25(36)31-22(26(37)41-4)14-18-10-8-7-9-11-18/h7-11,16-17,20-22H,5-6,12-15H2,1-4H3,(H,30,35)(H,31,36)(H,32,38). The van der Waals surface area contributed by atoms with E-state index >= 15 is 0 Å². The molecular formula is C28H37N5O10. The fourth-order valence-corrected chi connectivity index (χ4v) is 3.86. The molecule has 1 aromatic carbocycles. The predicted octanol–water partition coefficient (Wildman–Crippen LogP) is 0.883. The number of ether oxygens (including phenoxy) is 4. The van der Waals surface area contributed by atoms with E-state index in [0.29, 0.717) is 0 Å². The van der Waals surface area contributed by atoms with Gasteiger partial charge in [0.2, 0.25) is 11.8 Å². The van der Waals surface area contributed by atoms with Crippen molar-refractivity contribution in [3.05, 3.63) is 54.1 Å². The molecule has 15 heteroatoms. The summed E-state index contributed by atoms with van der Waals surface area (Å²) in [5.41, 5.74) is 0.976. The average molecular weight is 604 g/mol. The highest BCUT2D eigenvalue weighted by Crippen LogP contribution is 2.09. The number of aromatic nitrogens is 2. The monoisotopic (exact) mass is 603 g/mol. The van der Waals surface area contributed by atoms with Crippen LogP contribution in [0.15, 0.2) is 42.9 Å². The highest BCUT2D eigenvalue weighted by Gasteiger charge is 2.31. The molecule has 1 heterocycles. The first-order chi connectivity index (χ1) is 20.6. The Morgan fingerprint density at radius 2 is 1.47 bits per heavy atom. The van der Waals surface area contributed by atoms with Crippen molar-refractivity contribution < 1.29 is 47.7 Å². The van der Waals surface area contributed by atoms with Crippen LogP contribution in [0, 0.1) is 0 Å². The van der Waals surface area contributed by atoms with Gasteiger partial charge in [-0.15, -0.1) is 0 Å². The topological polar surface area (TPSA) is 193 Å². The van der Waals surface area contributed by atoms with Crippen molar-refractivity contribution in [1.29, 1.82) is 0 Å². The molecule has 3 N–H and O–H groups in total. The molecule has 3 atom stereocenters. The van der Waals surface area contributed by atoms with E-state index < -0.39 is 54.1 Å². The number of methoxy groups -OCH3 is 2. The fraction of sp³-hybridized carbons (Fsp3) is 0.464. The van der Waals surface area contributed by atoms with Crippen molar-refractivity contribution in [2.45, 2.75) is 57.7 Å². The van der Waals surface area contributed by atoms with E-state index in [1.165, 1.54) is 26.7 Å². The number of alkyl carbamates (subject to hydrolysis) is 1. The quantitative estimate of drug-likeness (QED) is 0.193. The summed E-state index contributed by atoms with van der Waals surface area (Å²) in [4.78, 5) is 79.5. The van der Waals surface area contributed by atoms with Crippen molar-refractivity contribution in [1.82, 2.24) is 25.5 Å². The Morgan fingerprint density at radius 1 is 0.814 bits per heavy atom. The second-order valence-corrected chi connectivity index (χ2v) is 9.04. The minimum atomic E-state index is -1.34. The van der Waals surface area contributed by atoms with Gasteiger partial charge < -0.3 is 34.9 Å². The molecule has 0 saturated heterocycles. The molecule has 0 saturated carbocycles. The Bertz CT molecular complexity index is 1250. The van der Waals surface area contributed by atoms with E-state index in [2.05, 4.69) is 25.7 Å². The van der Waals surface area contributed by atoms with Crippen LogP contribution >= 0.6 is 0 Å². The summed E-state index contributed by atoms with van der Waals surface area (Å²) in [6.07, 6.45) is 0.425. The van der Waals surface area contributed by atoms with E-state index in [4.69, 9.17) is 14.2 Å². The lowest BCUT2D eigenvalue weighted by Gasteiger charge is -2.24. The molecule has 0 aliphatic heterocycles. The third kappa shape index (κ3) is 11.4. The molecule has 0 spiro atoms. The number of esters is 2. The first-order valence-electron chi connectivity index (χ1n) is 13.5. The normalized spacial score (nSPS) is 12.6. The van der Waals surface area contributed by atoms with E-state index in [1.54, 1.807) is 44.2 Å². The van der Waals surface area contributed by atoms with Gasteiger partial charge in [0.05, 0.1) is 33.1 Å². The first-order valence-corrected chi connectivity index (χ1v) is 13.5. The van der Waals surface area contributed by atoms with Crippen molar-refractivity contribution in [2.75, 3.05) is 27.4 Å². The Balaban J connectivity index is 2.34. The van der Waals surface area contributed by atoms with Crippen LogP contribution < -0.4 is 16.0 Å². The highest BCUT2D eigenvalue weighted by atomic mass is 16.6. The molecule has 2 rings (SSSR count). The van der Waals surface area contributed by atoms with Gasteiger partial charge in [-0.25, -0.2) is 23.9 Å². The van der Waals surface area contributed by atoms with Crippen LogP contribution in [0.4, 0.5) is 9.59 Å². The molecule has 2 aromatic rings. The van der Waals surface area contributed by atoms with Crippen LogP contribution in [0.25, 0.3) is 0 Å². The molecule has 43 heavy (non-hydrogen) atoms. The second-order valence-electron chi connectivity index (χ2n) is 9.04. The lowest BCUT2D eigenvalue weighted by molar-refractivity contribution is -0.145. The second kappa shape index (κ2) is 17.8. The summed E-state index contributed by atoms with van der Waals surface area (Å²) >= 11 is 0. The number of nitrogens with one attached hydrogen (secondary N) is 3. The lowest BCUT2D eigenvalue weighted by atomic mass is 10.0. The molecule has 0 bridgehead atoms. The average Bonchev–Trinajstić information content (AvgIpc) is 3.47. The smallest absolute Gasteiger partial charge is 0.419 e. The number of rotatable bonds is 15. The van der Waals surface area contributed by atoms with Crippen LogP contribution in [0.3, 0.4) is 0 Å². The lowest BCUT2D eigenvalue weighted by Crippen LogP contribution is -2.57. The van der Waals surface area contributed by atoms with Gasteiger partial charge in [-0.05, 0) is 25.8 Å². The summed E-state index contributed by atoms with van der Waals surface area (Å²) in [6, 6.07) is 5.17. The van der Waals surface area contributed by atoms with E-state index in [1.807, 2.05) is 0 Å². The Morgan fingerprint density at radius 3 is 2.09 bits per heavy atom. The summed E-state index contributed by atoms with van der Waals surface area (Å²) in [6.45, 7) is 3.37. The molecular weight excluding hydrogens is 566 g/mol. The zero-order valence-corrected chi connectivity index (χ0v) is 24.5. The maximum absolute atomic E-state index is 13.6. The number of nitrogens with zero attached hydrogens (tertiary/aromatic N) is 2. The van der Waals surface area contributed by atoms with Crippen LogP contribution in [-0.2, 0) is 51.0 Å². The van der Waals surface area contributed by atoms with Gasteiger partial charge in [0.15, 0.2) is 0 Å². The van der Waals surface area contributed by atoms with Crippen molar-refractivity contribution in [2.24, 2.45) is 0 Å². The van der Waals surface area contributed by atoms with Gasteiger partial charge in [-0.2, -0.15) is 0 Å². The summed E-state index contributed by atoms with van der Waals surface area (Å²) in [5, 5.41) is 7.54. The van der Waals surface area contributed by atoms with Crippen molar-refractivity contribution in [3.8, 4) is 0 Å². The molecule has 15 nitrogen and oxygen atoms in total. The zero-order valence-electron chi connectivity index (χ0n) is 24.5. The summed E-state index contributed by atoms with van der Waals surface area (Å²) < 4.78 is 20.4. The summed E-state index contributed by atoms with van der Waals surface area (Å²) in [7, 11) is 2.36. The van der Waals surface area contributed by atoms with Crippen molar-refractivity contribution >= 4 is 35.9 Å². The molecule has 3 unspecified atom stereocenters. The first kappa shape index (κ1) is 34.3. The fourth-order valence-electron chi connectivity index (χ4n) is 3.86. The van der Waals surface area contributed by atoms with Crippen LogP contribution in [0.5, 0.6) is 0 Å². The molecule has 3 amide bonds. The van der Waals surface area contributed by atoms with E-state index in [0.717, 1.165) is 10.1 Å². The number of benzene rings is 1. The third-order valence-electron chi connectivity index (χ3n) is 5.99. The maximum Gasteiger partial charge on any atom is 0.419 e. The van der Waals surface area contributed by atoms with E-state index in [9.17, 15) is 28.8 Å². The van der Waals surface area contributed by atoms with Gasteiger partial charge in [0.1, 0.15) is 24.5 Å². The molecule has 0 radical (unpaired) electrons. The molecule has 0 aliphatic carbocycles. The van der Waals surface area contributed by atoms with Crippen LogP contribution in [-0.4, -0.2) is 91.0 Å². The third-order valence-corrected chi connectivity index (χ3v) is 5.99. The predicted molar refractivity (Wildman–Crippen MR) is 150 cm³/mol. The molecule has 0 fully saturated rings. The Labute approximate surface area is 248 Å². The number of carbonyl (C=O) groups excluding carboxylic acids is 6. The van der Waals surface area contributed by atoms with Gasteiger partial charge in [-0.1, -0.05) is 30.3 Å². The summed E-state index contributed by atoms with van der Waals surface area (Å²) in [5.74, 6) is -2.93. The van der Waals surface area contributed by atoms with Gasteiger partial charge in [0.25, 0.3) is 0 Å². The van der Waals surface area contributed by atoms with Gasteiger partial charge in [-0.3, -0.25) is 14.4 Å². The SMILES string of the molecule is CCOC(=O)NC(CCC(=O)OC)C(=O)NC(Cc1cn(C(=O)OCC)cn1)C(=O)NC(Cc1ccccc1)C(=O)OC. The molecule has 1 aromatic heterocycles. The number of hydrogen-bond acceptors (Lipinski definition) is 11. The van der Waals surface area contributed by atoms with Gasteiger partial charge in [0, 0.05) is 25.5 Å². The largest absolute Gasteiger partial charge is 0.469 e. The maximum atomic E-state index is 13.6. The Hall–Kier alpha value is -4.95. The van der Waals surface area contributed by atoms with Gasteiger partial charge >= 0.3 is 24.1 Å². The number of imidazole rings is 1. The minimum absolute atomic E-state index is 0.0294. The number of carbonyl (C=O) groups is 6. The zero-order chi connectivity index (χ0) is 31.8. The van der Waals surface area contributed by atoms with Crippen LogP contribution in [0.2, 0.25) is 0 Å².